The molecule has 0 spiro atoms. The van der Waals surface area contributed by atoms with Crippen LogP contribution in [0.2, 0.25) is 0 Å². The van der Waals surface area contributed by atoms with Crippen LogP contribution in [-0.2, 0) is 4.79 Å². The summed E-state index contributed by atoms with van der Waals surface area (Å²) in [5.74, 6) is 0.711. The third kappa shape index (κ3) is 5.49. The lowest BCUT2D eigenvalue weighted by Crippen LogP contribution is -2.50. The molecule has 4 nitrogen and oxygen atoms in total. The average molecular weight is 269 g/mol. The molecule has 0 aromatic heterocycles. The van der Waals surface area contributed by atoms with Crippen molar-refractivity contribution < 1.29 is 4.79 Å². The highest BCUT2D eigenvalue weighted by molar-refractivity contribution is 5.78. The van der Waals surface area contributed by atoms with Crippen molar-refractivity contribution in [3.8, 4) is 0 Å². The molecule has 112 valence electrons. The summed E-state index contributed by atoms with van der Waals surface area (Å²) in [6.45, 7) is 17.0. The summed E-state index contributed by atoms with van der Waals surface area (Å²) < 4.78 is 0. The van der Waals surface area contributed by atoms with E-state index in [-0.39, 0.29) is 11.8 Å². The first kappa shape index (κ1) is 16.4. The Kier molecular flexibility index (Phi) is 6.80. The molecule has 1 atom stereocenters. The summed E-state index contributed by atoms with van der Waals surface area (Å²) in [6.07, 6.45) is 0. The van der Waals surface area contributed by atoms with Gasteiger partial charge < -0.3 is 5.32 Å². The standard InChI is InChI=1S/C15H31N3O/c1-12(2)14(5)15(19)16-6-7-17-8-10-18(11-9-17)13(3)4/h12-14H,6-11H2,1-5H3,(H,16,19)/t14-/m0/s1. The number of hydrogen-bond donors (Lipinski definition) is 1. The zero-order chi connectivity index (χ0) is 14.4. The van der Waals surface area contributed by atoms with Crippen molar-refractivity contribution in [2.45, 2.75) is 40.7 Å². The van der Waals surface area contributed by atoms with E-state index < -0.39 is 0 Å². The topological polar surface area (TPSA) is 35.6 Å². The molecule has 0 radical (unpaired) electrons. The predicted octanol–water partition coefficient (Wildman–Crippen LogP) is 1.42. The van der Waals surface area contributed by atoms with Gasteiger partial charge in [0.15, 0.2) is 0 Å². The third-order valence-electron chi connectivity index (χ3n) is 4.28. The maximum absolute atomic E-state index is 11.8. The average Bonchev–Trinajstić information content (AvgIpc) is 2.38. The van der Waals surface area contributed by atoms with E-state index in [4.69, 9.17) is 0 Å². The Morgan fingerprint density at radius 1 is 1.05 bits per heavy atom. The second-order valence-electron chi connectivity index (χ2n) is 6.30. The van der Waals surface area contributed by atoms with E-state index in [1.807, 2.05) is 6.92 Å². The van der Waals surface area contributed by atoms with Crippen LogP contribution in [0.15, 0.2) is 0 Å². The minimum absolute atomic E-state index is 0.109. The molecule has 1 heterocycles. The van der Waals surface area contributed by atoms with Crippen LogP contribution in [0.3, 0.4) is 0 Å². The summed E-state index contributed by atoms with van der Waals surface area (Å²) in [7, 11) is 0. The molecule has 0 unspecified atom stereocenters. The number of rotatable bonds is 6. The molecule has 0 aliphatic carbocycles. The summed E-state index contributed by atoms with van der Waals surface area (Å²) in [5, 5.41) is 3.05. The number of piperazine rings is 1. The van der Waals surface area contributed by atoms with Gasteiger partial charge in [-0.25, -0.2) is 0 Å². The van der Waals surface area contributed by atoms with Gasteiger partial charge in [0.1, 0.15) is 0 Å². The van der Waals surface area contributed by atoms with Crippen molar-refractivity contribution in [1.29, 1.82) is 0 Å². The zero-order valence-electron chi connectivity index (χ0n) is 13.3. The van der Waals surface area contributed by atoms with Crippen LogP contribution in [-0.4, -0.2) is 61.0 Å². The van der Waals surface area contributed by atoms with Gasteiger partial charge in [-0.1, -0.05) is 20.8 Å². The minimum atomic E-state index is 0.109. The summed E-state index contributed by atoms with van der Waals surface area (Å²) >= 11 is 0. The highest BCUT2D eigenvalue weighted by atomic mass is 16.1. The molecule has 0 bridgehead atoms. The van der Waals surface area contributed by atoms with E-state index in [0.717, 1.165) is 39.3 Å². The maximum Gasteiger partial charge on any atom is 0.223 e. The van der Waals surface area contributed by atoms with E-state index in [2.05, 4.69) is 42.8 Å². The van der Waals surface area contributed by atoms with Crippen LogP contribution in [0.25, 0.3) is 0 Å². The number of hydrogen-bond acceptors (Lipinski definition) is 3. The molecular weight excluding hydrogens is 238 g/mol. The highest BCUT2D eigenvalue weighted by Crippen LogP contribution is 2.09. The van der Waals surface area contributed by atoms with Crippen LogP contribution >= 0.6 is 0 Å². The van der Waals surface area contributed by atoms with Crippen LogP contribution < -0.4 is 5.32 Å². The molecule has 0 aromatic carbocycles. The molecule has 0 aromatic rings. The number of nitrogens with zero attached hydrogens (tertiary/aromatic N) is 2. The Morgan fingerprint density at radius 2 is 1.63 bits per heavy atom. The van der Waals surface area contributed by atoms with Gasteiger partial charge in [-0.15, -0.1) is 0 Å². The summed E-state index contributed by atoms with van der Waals surface area (Å²) in [6, 6.07) is 0.647. The number of nitrogens with one attached hydrogen (secondary N) is 1. The Balaban J connectivity index is 2.16. The SMILES string of the molecule is CC(C)[C@H](C)C(=O)NCCN1CCN(C(C)C)CC1. The van der Waals surface area contributed by atoms with Gasteiger partial charge in [0.25, 0.3) is 0 Å². The molecular formula is C15H31N3O. The van der Waals surface area contributed by atoms with Gasteiger partial charge >= 0.3 is 0 Å². The lowest BCUT2D eigenvalue weighted by Gasteiger charge is -2.36. The van der Waals surface area contributed by atoms with E-state index in [9.17, 15) is 4.79 Å². The first-order valence-corrected chi connectivity index (χ1v) is 7.66. The van der Waals surface area contributed by atoms with E-state index in [1.165, 1.54) is 0 Å². The van der Waals surface area contributed by atoms with Crippen molar-refractivity contribution in [2.75, 3.05) is 39.3 Å². The quantitative estimate of drug-likeness (QED) is 0.792. The van der Waals surface area contributed by atoms with E-state index in [1.54, 1.807) is 0 Å². The maximum atomic E-state index is 11.8. The second-order valence-corrected chi connectivity index (χ2v) is 6.30. The molecule has 19 heavy (non-hydrogen) atoms. The predicted molar refractivity (Wildman–Crippen MR) is 80.2 cm³/mol. The number of amides is 1. The van der Waals surface area contributed by atoms with Gasteiger partial charge in [0.2, 0.25) is 5.91 Å². The monoisotopic (exact) mass is 269 g/mol. The smallest absolute Gasteiger partial charge is 0.223 e. The van der Waals surface area contributed by atoms with Crippen molar-refractivity contribution in [3.05, 3.63) is 0 Å². The Labute approximate surface area is 118 Å². The van der Waals surface area contributed by atoms with Gasteiger partial charge in [-0.05, 0) is 19.8 Å². The first-order valence-electron chi connectivity index (χ1n) is 7.66. The molecule has 1 aliphatic rings. The molecule has 1 amide bonds. The lowest BCUT2D eigenvalue weighted by molar-refractivity contribution is -0.125. The Bertz CT molecular complexity index is 271. The largest absolute Gasteiger partial charge is 0.355 e. The molecule has 4 heteroatoms. The van der Waals surface area contributed by atoms with Gasteiger partial charge in [-0.3, -0.25) is 14.6 Å². The van der Waals surface area contributed by atoms with Gasteiger partial charge in [0, 0.05) is 51.2 Å². The van der Waals surface area contributed by atoms with Crippen LogP contribution in [0.1, 0.15) is 34.6 Å². The fourth-order valence-electron chi connectivity index (χ4n) is 2.30. The Hall–Kier alpha value is -0.610. The van der Waals surface area contributed by atoms with Crippen molar-refractivity contribution in [3.63, 3.8) is 0 Å². The molecule has 1 aliphatic heterocycles. The van der Waals surface area contributed by atoms with Crippen LogP contribution in [0, 0.1) is 11.8 Å². The number of carbonyl (C=O) groups excluding carboxylic acids is 1. The van der Waals surface area contributed by atoms with E-state index >= 15 is 0 Å². The second kappa shape index (κ2) is 7.85. The van der Waals surface area contributed by atoms with E-state index in [0.29, 0.717) is 12.0 Å². The fourth-order valence-corrected chi connectivity index (χ4v) is 2.30. The fraction of sp³-hybridized carbons (Fsp3) is 0.933. The molecule has 1 rings (SSSR count). The number of carbonyl (C=O) groups is 1. The zero-order valence-corrected chi connectivity index (χ0v) is 13.3. The minimum Gasteiger partial charge on any atom is -0.355 e. The van der Waals surface area contributed by atoms with Gasteiger partial charge in [-0.2, -0.15) is 0 Å². The molecule has 1 saturated heterocycles. The van der Waals surface area contributed by atoms with Crippen LogP contribution in [0.4, 0.5) is 0 Å². The van der Waals surface area contributed by atoms with Crippen molar-refractivity contribution in [1.82, 2.24) is 15.1 Å². The Morgan fingerprint density at radius 3 is 2.11 bits per heavy atom. The third-order valence-corrected chi connectivity index (χ3v) is 4.28. The van der Waals surface area contributed by atoms with Gasteiger partial charge in [0.05, 0.1) is 0 Å². The molecule has 1 fully saturated rings. The normalized spacial score (nSPS) is 19.9. The summed E-state index contributed by atoms with van der Waals surface area (Å²) in [4.78, 5) is 16.8. The lowest BCUT2D eigenvalue weighted by atomic mass is 9.97. The van der Waals surface area contributed by atoms with Crippen molar-refractivity contribution in [2.24, 2.45) is 11.8 Å². The van der Waals surface area contributed by atoms with Crippen molar-refractivity contribution >= 4 is 5.91 Å². The first-order chi connectivity index (χ1) is 8.91. The molecule has 0 saturated carbocycles. The summed E-state index contributed by atoms with van der Waals surface area (Å²) in [5.41, 5.74) is 0. The van der Waals surface area contributed by atoms with Crippen LogP contribution in [0.5, 0.6) is 0 Å². The molecule has 1 N–H and O–H groups in total. The highest BCUT2D eigenvalue weighted by Gasteiger charge is 2.19.